The molecule has 0 aliphatic rings. The molecule has 7 nitrogen and oxygen atoms in total. The summed E-state index contributed by atoms with van der Waals surface area (Å²) in [4.78, 5) is 16.9. The van der Waals surface area contributed by atoms with Crippen LogP contribution in [-0.2, 0) is 6.54 Å². The van der Waals surface area contributed by atoms with Crippen molar-refractivity contribution in [2.24, 2.45) is 5.73 Å². The van der Waals surface area contributed by atoms with Crippen LogP contribution in [0, 0.1) is 0 Å². The Morgan fingerprint density at radius 2 is 2.14 bits per heavy atom. The van der Waals surface area contributed by atoms with Gasteiger partial charge in [-0.3, -0.25) is 9.69 Å². The summed E-state index contributed by atoms with van der Waals surface area (Å²) in [6, 6.07) is 7.18. The summed E-state index contributed by atoms with van der Waals surface area (Å²) in [5.41, 5.74) is 5.08. The van der Waals surface area contributed by atoms with Gasteiger partial charge in [-0.15, -0.1) is 0 Å². The molecule has 2 aromatic rings. The van der Waals surface area contributed by atoms with E-state index in [1.54, 1.807) is 12.1 Å². The van der Waals surface area contributed by atoms with Crippen LogP contribution in [0.1, 0.15) is 23.4 Å². The lowest BCUT2D eigenvalue weighted by Gasteiger charge is -2.18. The Morgan fingerprint density at radius 1 is 1.41 bits per heavy atom. The first-order valence-corrected chi connectivity index (χ1v) is 7.19. The van der Waals surface area contributed by atoms with Gasteiger partial charge in [-0.2, -0.15) is 4.98 Å². The standard InChI is InChI=1S/C14H17ClN4O3/c1-2-19(9-12-17-14(13(16)20)18-22-12)7-8-21-11-5-3-10(15)4-6-11/h3-6H,2,7-9H2,1H3,(H2,16,20). The van der Waals surface area contributed by atoms with Gasteiger partial charge < -0.3 is 15.0 Å². The van der Waals surface area contributed by atoms with Crippen molar-refractivity contribution in [2.45, 2.75) is 13.5 Å². The van der Waals surface area contributed by atoms with Crippen LogP contribution < -0.4 is 10.5 Å². The second-order valence-corrected chi connectivity index (χ2v) is 4.98. The molecule has 8 heteroatoms. The molecule has 2 N–H and O–H groups in total. The molecule has 0 bridgehead atoms. The van der Waals surface area contributed by atoms with Crippen molar-refractivity contribution in [1.29, 1.82) is 0 Å². The number of carbonyl (C=O) groups excluding carboxylic acids is 1. The minimum atomic E-state index is -0.705. The fourth-order valence-electron chi connectivity index (χ4n) is 1.78. The summed E-state index contributed by atoms with van der Waals surface area (Å²) in [5.74, 6) is 0.295. The van der Waals surface area contributed by atoms with Gasteiger partial charge in [-0.1, -0.05) is 23.7 Å². The molecule has 0 aliphatic carbocycles. The number of amides is 1. The van der Waals surface area contributed by atoms with Gasteiger partial charge in [0, 0.05) is 11.6 Å². The maximum absolute atomic E-state index is 10.9. The van der Waals surface area contributed by atoms with Gasteiger partial charge in [-0.25, -0.2) is 0 Å². The first-order valence-electron chi connectivity index (χ1n) is 6.81. The summed E-state index contributed by atoms with van der Waals surface area (Å²) >= 11 is 5.81. The molecule has 0 saturated heterocycles. The van der Waals surface area contributed by atoms with Crippen LogP contribution in [0.4, 0.5) is 0 Å². The van der Waals surface area contributed by atoms with E-state index in [1.165, 1.54) is 0 Å². The van der Waals surface area contributed by atoms with Crippen molar-refractivity contribution in [2.75, 3.05) is 19.7 Å². The second-order valence-electron chi connectivity index (χ2n) is 4.55. The number of primary amides is 1. The number of ether oxygens (including phenoxy) is 1. The van der Waals surface area contributed by atoms with E-state index in [0.29, 0.717) is 30.6 Å². The van der Waals surface area contributed by atoms with Crippen molar-refractivity contribution in [3.05, 3.63) is 41.0 Å². The number of nitrogens with two attached hydrogens (primary N) is 1. The van der Waals surface area contributed by atoms with E-state index < -0.39 is 5.91 Å². The topological polar surface area (TPSA) is 94.5 Å². The molecule has 118 valence electrons. The lowest BCUT2D eigenvalue weighted by Crippen LogP contribution is -2.28. The molecule has 0 saturated carbocycles. The Kier molecular flexibility index (Phi) is 5.74. The van der Waals surface area contributed by atoms with Crippen molar-refractivity contribution in [1.82, 2.24) is 15.0 Å². The number of rotatable bonds is 8. The predicted molar refractivity (Wildman–Crippen MR) is 80.7 cm³/mol. The molecule has 0 atom stereocenters. The van der Waals surface area contributed by atoms with Gasteiger partial charge in [0.15, 0.2) is 0 Å². The van der Waals surface area contributed by atoms with Crippen LogP contribution >= 0.6 is 11.6 Å². The minimum Gasteiger partial charge on any atom is -0.492 e. The van der Waals surface area contributed by atoms with Crippen molar-refractivity contribution in [3.63, 3.8) is 0 Å². The number of nitrogens with zero attached hydrogens (tertiary/aromatic N) is 3. The average Bonchev–Trinajstić information content (AvgIpc) is 2.97. The van der Waals surface area contributed by atoms with E-state index in [1.807, 2.05) is 24.0 Å². The van der Waals surface area contributed by atoms with E-state index in [2.05, 4.69) is 10.1 Å². The largest absolute Gasteiger partial charge is 0.492 e. The summed E-state index contributed by atoms with van der Waals surface area (Å²) < 4.78 is 10.6. The number of benzene rings is 1. The lowest BCUT2D eigenvalue weighted by atomic mass is 10.3. The molecular weight excluding hydrogens is 308 g/mol. The third-order valence-corrected chi connectivity index (χ3v) is 3.24. The SMILES string of the molecule is CCN(CCOc1ccc(Cl)cc1)Cc1nc(C(N)=O)no1. The van der Waals surface area contributed by atoms with E-state index >= 15 is 0 Å². The fourth-order valence-corrected chi connectivity index (χ4v) is 1.91. The summed E-state index contributed by atoms with van der Waals surface area (Å²) in [7, 11) is 0. The van der Waals surface area contributed by atoms with Crippen LogP contribution in [0.5, 0.6) is 5.75 Å². The Bertz CT molecular complexity index is 615. The molecule has 1 amide bonds. The Morgan fingerprint density at radius 3 is 2.73 bits per heavy atom. The summed E-state index contributed by atoms with van der Waals surface area (Å²) in [6.45, 7) is 4.40. The number of halogens is 1. The molecule has 1 aromatic heterocycles. The van der Waals surface area contributed by atoms with Gasteiger partial charge in [0.2, 0.25) is 5.89 Å². The van der Waals surface area contributed by atoms with Crippen molar-refractivity contribution in [3.8, 4) is 5.75 Å². The zero-order valence-electron chi connectivity index (χ0n) is 12.2. The molecule has 0 aliphatic heterocycles. The molecule has 22 heavy (non-hydrogen) atoms. The van der Waals surface area contributed by atoms with Crippen molar-refractivity contribution >= 4 is 17.5 Å². The fraction of sp³-hybridized carbons (Fsp3) is 0.357. The van der Waals surface area contributed by atoms with E-state index in [0.717, 1.165) is 12.3 Å². The molecule has 1 aromatic carbocycles. The summed E-state index contributed by atoms with van der Waals surface area (Å²) in [6.07, 6.45) is 0. The first-order chi connectivity index (χ1) is 10.6. The molecule has 0 unspecified atom stereocenters. The highest BCUT2D eigenvalue weighted by Crippen LogP contribution is 2.15. The molecule has 0 spiro atoms. The first kappa shape index (κ1) is 16.3. The van der Waals surface area contributed by atoms with Gasteiger partial charge >= 0.3 is 0 Å². The Hall–Kier alpha value is -2.12. The van der Waals surface area contributed by atoms with Crippen molar-refractivity contribution < 1.29 is 14.1 Å². The molecule has 1 heterocycles. The molecular formula is C14H17ClN4O3. The van der Waals surface area contributed by atoms with Crippen LogP contribution in [0.2, 0.25) is 5.02 Å². The van der Waals surface area contributed by atoms with E-state index in [9.17, 15) is 4.79 Å². The monoisotopic (exact) mass is 324 g/mol. The van der Waals surface area contributed by atoms with Gasteiger partial charge in [-0.05, 0) is 30.8 Å². The number of aromatic nitrogens is 2. The number of hydrogen-bond donors (Lipinski definition) is 1. The zero-order chi connectivity index (χ0) is 15.9. The molecule has 2 rings (SSSR count). The van der Waals surface area contributed by atoms with Gasteiger partial charge in [0.05, 0.1) is 6.54 Å². The second kappa shape index (κ2) is 7.77. The quantitative estimate of drug-likeness (QED) is 0.794. The van der Waals surface area contributed by atoms with Crippen LogP contribution in [-0.4, -0.2) is 40.6 Å². The third kappa shape index (κ3) is 4.71. The highest BCUT2D eigenvalue weighted by atomic mass is 35.5. The molecule has 0 radical (unpaired) electrons. The normalized spacial score (nSPS) is 10.9. The maximum atomic E-state index is 10.9. The number of hydrogen-bond acceptors (Lipinski definition) is 6. The van der Waals surface area contributed by atoms with Gasteiger partial charge in [0.1, 0.15) is 12.4 Å². The smallest absolute Gasteiger partial charge is 0.290 e. The highest BCUT2D eigenvalue weighted by Gasteiger charge is 2.13. The third-order valence-electron chi connectivity index (χ3n) is 2.98. The Labute approximate surface area is 133 Å². The minimum absolute atomic E-state index is 0.108. The highest BCUT2D eigenvalue weighted by molar-refractivity contribution is 6.30. The Balaban J connectivity index is 1.81. The van der Waals surface area contributed by atoms with Crippen LogP contribution in [0.25, 0.3) is 0 Å². The lowest BCUT2D eigenvalue weighted by molar-refractivity contribution is 0.0987. The maximum Gasteiger partial charge on any atom is 0.290 e. The van der Waals surface area contributed by atoms with E-state index in [-0.39, 0.29) is 5.82 Å². The van der Waals surface area contributed by atoms with Gasteiger partial charge in [0.25, 0.3) is 11.7 Å². The average molecular weight is 325 g/mol. The number of carbonyl (C=O) groups is 1. The molecule has 0 fully saturated rings. The van der Waals surface area contributed by atoms with Crippen LogP contribution in [0.3, 0.4) is 0 Å². The zero-order valence-corrected chi connectivity index (χ0v) is 12.9. The predicted octanol–water partition coefficient (Wildman–Crippen LogP) is 1.72. The van der Waals surface area contributed by atoms with E-state index in [4.69, 9.17) is 26.6 Å². The van der Waals surface area contributed by atoms with Crippen LogP contribution in [0.15, 0.2) is 28.8 Å². The number of likely N-dealkylation sites (N-methyl/N-ethyl adjacent to an activating group) is 1. The summed E-state index contributed by atoms with van der Waals surface area (Å²) in [5, 5.41) is 4.18.